The number of ether oxygens (including phenoxy) is 2. The molecule has 10 nitrogen and oxygen atoms in total. The molecule has 0 saturated carbocycles. The van der Waals surface area contributed by atoms with Crippen molar-refractivity contribution in [3.63, 3.8) is 0 Å². The molecule has 41 heavy (non-hydrogen) atoms. The summed E-state index contributed by atoms with van der Waals surface area (Å²) < 4.78 is 20.6. The van der Waals surface area contributed by atoms with Crippen molar-refractivity contribution >= 4 is 18.7 Å². The van der Waals surface area contributed by atoms with Crippen LogP contribution in [0.15, 0.2) is 76.4 Å². The molecular weight excluding hydrogens is 542 g/mol. The molecule has 2 aromatic carbocycles. The molecule has 2 unspecified atom stereocenters. The number of aromatic amines is 1. The normalized spacial score (nSPS) is 21.5. The third kappa shape index (κ3) is 6.62. The predicted octanol–water partition coefficient (Wildman–Crippen LogP) is 1.56. The van der Waals surface area contributed by atoms with Crippen LogP contribution in [0.2, 0.25) is 5.04 Å². The number of nitrogens with one attached hydrogen (secondary N) is 1. The summed E-state index contributed by atoms with van der Waals surface area (Å²) in [7, 11) is 0.608. The number of aromatic nitrogens is 2. The summed E-state index contributed by atoms with van der Waals surface area (Å²) in [4.78, 5) is 32.6. The number of H-pyrrole nitrogens is 1. The number of aryl methyl sites for hydroxylation is 1. The summed E-state index contributed by atoms with van der Waals surface area (Å²) in [5, 5.41) is 15.0. The molecule has 0 aliphatic carbocycles. The van der Waals surface area contributed by atoms with Crippen LogP contribution < -0.4 is 21.6 Å². The Bertz CT molecular complexity index is 1350. The van der Waals surface area contributed by atoms with Gasteiger partial charge in [0.1, 0.15) is 18.3 Å². The standard InChI is InChI=1S/C30H41N3O7Si/c1-21-19-33(29(36)31-27(21)35)28-26(37-17-18-38-32(5)6)25(34)24(40-28)20-39-41(30(2,3)4,22-13-9-7-10-14-22)23-15-11-8-12-16-23/h7-16,19,24-26,28,34H,17-18,20H2,1-6H3,(H,31,35,36)/t24-,25?,26?,28-/m0/s1. The lowest BCUT2D eigenvalue weighted by molar-refractivity contribution is -0.151. The molecule has 1 aromatic heterocycles. The average Bonchev–Trinajstić information content (AvgIpc) is 3.24. The molecule has 2 heterocycles. The van der Waals surface area contributed by atoms with Gasteiger partial charge < -0.3 is 19.0 Å². The van der Waals surface area contributed by atoms with Crippen LogP contribution in [0.3, 0.4) is 0 Å². The Morgan fingerprint density at radius 3 is 2.12 bits per heavy atom. The predicted molar refractivity (Wildman–Crippen MR) is 159 cm³/mol. The Hall–Kier alpha value is -2.90. The molecule has 3 aromatic rings. The van der Waals surface area contributed by atoms with E-state index >= 15 is 0 Å². The second kappa shape index (κ2) is 12.9. The third-order valence-corrected chi connectivity index (χ3v) is 12.4. The van der Waals surface area contributed by atoms with Gasteiger partial charge in [-0.05, 0) is 22.3 Å². The summed E-state index contributed by atoms with van der Waals surface area (Å²) in [6.45, 7) is 8.58. The smallest absolute Gasteiger partial charge is 0.330 e. The molecule has 4 rings (SSSR count). The molecular formula is C30H41N3O7Si. The summed E-state index contributed by atoms with van der Waals surface area (Å²) >= 11 is 0. The molecule has 222 valence electrons. The van der Waals surface area contributed by atoms with Crippen LogP contribution in [0.4, 0.5) is 0 Å². The molecule has 1 fully saturated rings. The number of nitrogens with zero attached hydrogens (tertiary/aromatic N) is 2. The Labute approximate surface area is 241 Å². The lowest BCUT2D eigenvalue weighted by Gasteiger charge is -2.43. The van der Waals surface area contributed by atoms with E-state index in [-0.39, 0.29) is 24.9 Å². The minimum Gasteiger partial charge on any atom is -0.405 e. The average molecular weight is 584 g/mol. The Morgan fingerprint density at radius 1 is 1.00 bits per heavy atom. The quantitative estimate of drug-likeness (QED) is 0.199. The molecule has 11 heteroatoms. The first-order chi connectivity index (χ1) is 19.5. The zero-order chi connectivity index (χ0) is 29.8. The lowest BCUT2D eigenvalue weighted by atomic mass is 10.1. The van der Waals surface area contributed by atoms with Crippen molar-refractivity contribution in [2.75, 3.05) is 33.9 Å². The van der Waals surface area contributed by atoms with E-state index in [4.69, 9.17) is 18.7 Å². The van der Waals surface area contributed by atoms with E-state index in [0.717, 1.165) is 10.4 Å². The fourth-order valence-corrected chi connectivity index (χ4v) is 9.98. The van der Waals surface area contributed by atoms with E-state index in [0.29, 0.717) is 5.56 Å². The van der Waals surface area contributed by atoms with Crippen molar-refractivity contribution in [1.82, 2.24) is 14.6 Å². The number of rotatable bonds is 11. The fourth-order valence-electron chi connectivity index (χ4n) is 5.41. The van der Waals surface area contributed by atoms with Crippen molar-refractivity contribution in [2.24, 2.45) is 0 Å². The second-order valence-electron chi connectivity index (χ2n) is 11.5. The molecule has 0 amide bonds. The van der Waals surface area contributed by atoms with Gasteiger partial charge in [-0.25, -0.2) is 4.79 Å². The van der Waals surface area contributed by atoms with E-state index in [9.17, 15) is 14.7 Å². The number of benzene rings is 2. The van der Waals surface area contributed by atoms with Gasteiger partial charge in [0.2, 0.25) is 0 Å². The van der Waals surface area contributed by atoms with Crippen LogP contribution in [-0.2, 0) is 18.7 Å². The van der Waals surface area contributed by atoms with Crippen LogP contribution in [0.25, 0.3) is 0 Å². The minimum atomic E-state index is -2.91. The van der Waals surface area contributed by atoms with E-state index < -0.39 is 44.1 Å². The Kier molecular flexibility index (Phi) is 9.80. The maximum Gasteiger partial charge on any atom is 0.330 e. The van der Waals surface area contributed by atoms with Gasteiger partial charge in [-0.2, -0.15) is 5.06 Å². The van der Waals surface area contributed by atoms with Gasteiger partial charge in [-0.15, -0.1) is 0 Å². The van der Waals surface area contributed by atoms with Crippen LogP contribution in [0, 0.1) is 6.92 Å². The van der Waals surface area contributed by atoms with Gasteiger partial charge in [0.15, 0.2) is 6.23 Å². The fraction of sp³-hybridized carbons (Fsp3) is 0.467. The second-order valence-corrected chi connectivity index (χ2v) is 15.8. The van der Waals surface area contributed by atoms with Crippen LogP contribution in [-0.4, -0.2) is 80.3 Å². The largest absolute Gasteiger partial charge is 0.405 e. The molecule has 0 spiro atoms. The third-order valence-electron chi connectivity index (χ3n) is 7.36. The number of aliphatic hydroxyl groups excluding tert-OH is 1. The van der Waals surface area contributed by atoms with Gasteiger partial charge >= 0.3 is 5.69 Å². The number of hydroxylamine groups is 2. The monoisotopic (exact) mass is 583 g/mol. The molecule has 0 radical (unpaired) electrons. The molecule has 0 bridgehead atoms. The summed E-state index contributed by atoms with van der Waals surface area (Å²) in [6.07, 6.45) is -2.38. The van der Waals surface area contributed by atoms with Gasteiger partial charge in [0.05, 0.1) is 19.8 Å². The highest BCUT2D eigenvalue weighted by molar-refractivity contribution is 6.99. The van der Waals surface area contributed by atoms with Crippen LogP contribution in [0.1, 0.15) is 32.6 Å². The highest BCUT2D eigenvalue weighted by Gasteiger charge is 2.52. The topological polar surface area (TPSA) is 115 Å². The highest BCUT2D eigenvalue weighted by Crippen LogP contribution is 2.38. The van der Waals surface area contributed by atoms with E-state index in [2.05, 4.69) is 50.0 Å². The van der Waals surface area contributed by atoms with E-state index in [1.54, 1.807) is 26.1 Å². The zero-order valence-electron chi connectivity index (χ0n) is 24.6. The maximum atomic E-state index is 12.8. The number of hydrogen-bond donors (Lipinski definition) is 2. The molecule has 1 aliphatic heterocycles. The zero-order valence-corrected chi connectivity index (χ0v) is 25.6. The molecule has 1 saturated heterocycles. The van der Waals surface area contributed by atoms with Crippen LogP contribution >= 0.6 is 0 Å². The van der Waals surface area contributed by atoms with Gasteiger partial charge in [0, 0.05) is 25.9 Å². The van der Waals surface area contributed by atoms with Crippen molar-refractivity contribution in [3.8, 4) is 0 Å². The molecule has 1 aliphatic rings. The first-order valence-electron chi connectivity index (χ1n) is 13.8. The van der Waals surface area contributed by atoms with Crippen molar-refractivity contribution in [1.29, 1.82) is 0 Å². The van der Waals surface area contributed by atoms with Gasteiger partial charge in [-0.3, -0.25) is 19.2 Å². The first-order valence-corrected chi connectivity index (χ1v) is 15.7. The summed E-state index contributed by atoms with van der Waals surface area (Å²) in [5.41, 5.74) is -0.790. The molecule has 2 N–H and O–H groups in total. The van der Waals surface area contributed by atoms with Crippen LogP contribution in [0.5, 0.6) is 0 Å². The van der Waals surface area contributed by atoms with E-state index in [1.807, 2.05) is 36.4 Å². The molecule has 4 atom stereocenters. The minimum absolute atomic E-state index is 0.0656. The number of hydrogen-bond acceptors (Lipinski definition) is 8. The summed E-state index contributed by atoms with van der Waals surface area (Å²) in [6, 6.07) is 20.4. The highest BCUT2D eigenvalue weighted by atomic mass is 28.4. The summed E-state index contributed by atoms with van der Waals surface area (Å²) in [5.74, 6) is 0. The van der Waals surface area contributed by atoms with E-state index in [1.165, 1.54) is 10.8 Å². The number of aliphatic hydroxyl groups is 1. The van der Waals surface area contributed by atoms with Crippen molar-refractivity contribution in [3.05, 3.63) is 93.3 Å². The SMILES string of the molecule is Cc1cn([C@H]2O[C@@H](CO[Si](c3ccccc3)(c3ccccc3)C(C)(C)C)C(O)C2OCCON(C)C)c(=O)[nH]c1=O. The van der Waals surface area contributed by atoms with Crippen molar-refractivity contribution < 1.29 is 23.8 Å². The Balaban J connectivity index is 1.68. The van der Waals surface area contributed by atoms with Crippen molar-refractivity contribution in [2.45, 2.75) is 57.3 Å². The van der Waals surface area contributed by atoms with Gasteiger partial charge in [0.25, 0.3) is 13.9 Å². The maximum absolute atomic E-state index is 12.8. The van der Waals surface area contributed by atoms with Gasteiger partial charge in [-0.1, -0.05) is 81.4 Å². The Morgan fingerprint density at radius 2 is 1.59 bits per heavy atom. The lowest BCUT2D eigenvalue weighted by Crippen LogP contribution is -2.67. The first kappa shape index (κ1) is 31.0.